The Labute approximate surface area is 103 Å². The van der Waals surface area contributed by atoms with E-state index in [1.165, 1.54) is 0 Å². The van der Waals surface area contributed by atoms with Crippen molar-refractivity contribution >= 4 is 5.97 Å². The standard InChI is InChI=1S/C14H21NO2/c1-3-7-12(2)15-10-11-17-14(16)13-8-5-4-6-9-13/h4-6,8-9,12,15H,3,7,10-11H2,1-2H3/t12-/m1/s1. The fraction of sp³-hybridized carbons (Fsp3) is 0.500. The summed E-state index contributed by atoms with van der Waals surface area (Å²) < 4.78 is 5.16. The SMILES string of the molecule is CCC[C@@H](C)NCCOC(=O)c1ccccc1. The highest BCUT2D eigenvalue weighted by Crippen LogP contribution is 2.00. The second kappa shape index (κ2) is 7.85. The minimum absolute atomic E-state index is 0.254. The van der Waals surface area contributed by atoms with Gasteiger partial charge in [0.15, 0.2) is 0 Å². The Morgan fingerprint density at radius 3 is 2.71 bits per heavy atom. The van der Waals surface area contributed by atoms with Crippen molar-refractivity contribution in [3.05, 3.63) is 35.9 Å². The largest absolute Gasteiger partial charge is 0.461 e. The predicted octanol–water partition coefficient (Wildman–Crippen LogP) is 2.62. The van der Waals surface area contributed by atoms with Gasteiger partial charge in [-0.05, 0) is 25.5 Å². The minimum atomic E-state index is -0.254. The fourth-order valence-electron chi connectivity index (χ4n) is 1.64. The van der Waals surface area contributed by atoms with Crippen LogP contribution < -0.4 is 5.32 Å². The van der Waals surface area contributed by atoms with Crippen LogP contribution in [-0.4, -0.2) is 25.2 Å². The average Bonchev–Trinajstić information content (AvgIpc) is 2.36. The van der Waals surface area contributed by atoms with Crippen LogP contribution >= 0.6 is 0 Å². The number of nitrogens with one attached hydrogen (secondary N) is 1. The number of carbonyl (C=O) groups is 1. The molecule has 0 saturated carbocycles. The van der Waals surface area contributed by atoms with Crippen LogP contribution in [0.4, 0.5) is 0 Å². The Kier molecular flexibility index (Phi) is 6.33. The zero-order valence-corrected chi connectivity index (χ0v) is 10.6. The van der Waals surface area contributed by atoms with Gasteiger partial charge in [-0.25, -0.2) is 4.79 Å². The molecule has 0 bridgehead atoms. The first-order chi connectivity index (χ1) is 8.24. The van der Waals surface area contributed by atoms with Gasteiger partial charge in [-0.3, -0.25) is 0 Å². The normalized spacial score (nSPS) is 12.1. The first kappa shape index (κ1) is 13.7. The van der Waals surface area contributed by atoms with Gasteiger partial charge in [0, 0.05) is 12.6 Å². The lowest BCUT2D eigenvalue weighted by Gasteiger charge is -2.12. The molecule has 1 aromatic carbocycles. The van der Waals surface area contributed by atoms with E-state index in [2.05, 4.69) is 19.2 Å². The van der Waals surface area contributed by atoms with E-state index in [4.69, 9.17) is 4.74 Å². The Hall–Kier alpha value is -1.35. The second-order valence-corrected chi connectivity index (χ2v) is 4.15. The maximum Gasteiger partial charge on any atom is 0.338 e. The average molecular weight is 235 g/mol. The molecule has 0 amide bonds. The third-order valence-electron chi connectivity index (χ3n) is 2.56. The van der Waals surface area contributed by atoms with E-state index in [9.17, 15) is 4.79 Å². The van der Waals surface area contributed by atoms with E-state index in [1.807, 2.05) is 18.2 Å². The van der Waals surface area contributed by atoms with Crippen LogP contribution in [0.2, 0.25) is 0 Å². The van der Waals surface area contributed by atoms with Crippen LogP contribution in [0, 0.1) is 0 Å². The van der Waals surface area contributed by atoms with E-state index in [0.29, 0.717) is 24.8 Å². The van der Waals surface area contributed by atoms with Gasteiger partial charge in [-0.2, -0.15) is 0 Å². The number of esters is 1. The molecular formula is C14H21NO2. The number of benzene rings is 1. The Bertz CT molecular complexity index is 324. The van der Waals surface area contributed by atoms with E-state index < -0.39 is 0 Å². The molecule has 0 aliphatic carbocycles. The highest BCUT2D eigenvalue weighted by molar-refractivity contribution is 5.89. The first-order valence-corrected chi connectivity index (χ1v) is 6.19. The molecule has 0 aromatic heterocycles. The van der Waals surface area contributed by atoms with E-state index >= 15 is 0 Å². The lowest BCUT2D eigenvalue weighted by atomic mass is 10.2. The molecule has 0 unspecified atom stereocenters. The smallest absolute Gasteiger partial charge is 0.338 e. The van der Waals surface area contributed by atoms with Crippen LogP contribution in [0.5, 0.6) is 0 Å². The van der Waals surface area contributed by atoms with Gasteiger partial charge in [-0.1, -0.05) is 31.5 Å². The highest BCUT2D eigenvalue weighted by atomic mass is 16.5. The summed E-state index contributed by atoms with van der Waals surface area (Å²) in [6.07, 6.45) is 2.31. The molecular weight excluding hydrogens is 214 g/mol. The summed E-state index contributed by atoms with van der Waals surface area (Å²) in [6.45, 7) is 5.43. The minimum Gasteiger partial charge on any atom is -0.461 e. The third kappa shape index (κ3) is 5.50. The Morgan fingerprint density at radius 2 is 2.06 bits per heavy atom. The summed E-state index contributed by atoms with van der Waals surface area (Å²) in [5, 5.41) is 3.31. The summed E-state index contributed by atoms with van der Waals surface area (Å²) in [4.78, 5) is 11.6. The molecule has 94 valence electrons. The molecule has 1 atom stereocenters. The van der Waals surface area contributed by atoms with Crippen molar-refractivity contribution in [2.75, 3.05) is 13.2 Å². The number of carbonyl (C=O) groups excluding carboxylic acids is 1. The van der Waals surface area contributed by atoms with Crippen molar-refractivity contribution in [2.24, 2.45) is 0 Å². The molecule has 0 aliphatic rings. The van der Waals surface area contributed by atoms with Crippen molar-refractivity contribution in [3.8, 4) is 0 Å². The molecule has 3 nitrogen and oxygen atoms in total. The predicted molar refractivity (Wildman–Crippen MR) is 69.1 cm³/mol. The van der Waals surface area contributed by atoms with Gasteiger partial charge >= 0.3 is 5.97 Å². The van der Waals surface area contributed by atoms with Crippen molar-refractivity contribution in [1.82, 2.24) is 5.32 Å². The van der Waals surface area contributed by atoms with Gasteiger partial charge in [0.05, 0.1) is 5.56 Å². The lowest BCUT2D eigenvalue weighted by Crippen LogP contribution is -2.29. The molecule has 1 rings (SSSR count). The Morgan fingerprint density at radius 1 is 1.35 bits per heavy atom. The van der Waals surface area contributed by atoms with Crippen molar-refractivity contribution in [1.29, 1.82) is 0 Å². The zero-order valence-electron chi connectivity index (χ0n) is 10.6. The first-order valence-electron chi connectivity index (χ1n) is 6.19. The topological polar surface area (TPSA) is 38.3 Å². The highest BCUT2D eigenvalue weighted by Gasteiger charge is 2.05. The zero-order chi connectivity index (χ0) is 12.5. The number of hydrogen-bond acceptors (Lipinski definition) is 3. The van der Waals surface area contributed by atoms with Gasteiger partial charge in [0.1, 0.15) is 6.61 Å². The molecule has 0 saturated heterocycles. The van der Waals surface area contributed by atoms with Gasteiger partial charge in [0.2, 0.25) is 0 Å². The van der Waals surface area contributed by atoms with Crippen molar-refractivity contribution < 1.29 is 9.53 Å². The van der Waals surface area contributed by atoms with E-state index in [1.54, 1.807) is 12.1 Å². The molecule has 0 fully saturated rings. The fourth-order valence-corrected chi connectivity index (χ4v) is 1.64. The molecule has 0 aliphatic heterocycles. The lowest BCUT2D eigenvalue weighted by molar-refractivity contribution is 0.0506. The molecule has 0 radical (unpaired) electrons. The summed E-state index contributed by atoms with van der Waals surface area (Å²) in [5.41, 5.74) is 0.606. The van der Waals surface area contributed by atoms with Crippen LogP contribution in [0.15, 0.2) is 30.3 Å². The molecule has 17 heavy (non-hydrogen) atoms. The van der Waals surface area contributed by atoms with Crippen LogP contribution in [0.25, 0.3) is 0 Å². The molecule has 1 N–H and O–H groups in total. The van der Waals surface area contributed by atoms with E-state index in [0.717, 1.165) is 12.8 Å². The van der Waals surface area contributed by atoms with Crippen LogP contribution in [-0.2, 0) is 4.74 Å². The third-order valence-corrected chi connectivity index (χ3v) is 2.56. The summed E-state index contributed by atoms with van der Waals surface area (Å²) in [6, 6.07) is 9.54. The molecule has 0 heterocycles. The molecule has 1 aromatic rings. The monoisotopic (exact) mass is 235 g/mol. The summed E-state index contributed by atoms with van der Waals surface area (Å²) in [7, 11) is 0. The Balaban J connectivity index is 2.17. The summed E-state index contributed by atoms with van der Waals surface area (Å²) in [5.74, 6) is -0.254. The van der Waals surface area contributed by atoms with E-state index in [-0.39, 0.29) is 5.97 Å². The second-order valence-electron chi connectivity index (χ2n) is 4.15. The molecule has 0 spiro atoms. The summed E-state index contributed by atoms with van der Waals surface area (Å²) >= 11 is 0. The van der Waals surface area contributed by atoms with Crippen LogP contribution in [0.1, 0.15) is 37.0 Å². The number of hydrogen-bond donors (Lipinski definition) is 1. The van der Waals surface area contributed by atoms with Gasteiger partial charge in [-0.15, -0.1) is 0 Å². The van der Waals surface area contributed by atoms with Crippen molar-refractivity contribution in [2.45, 2.75) is 32.7 Å². The van der Waals surface area contributed by atoms with Gasteiger partial charge < -0.3 is 10.1 Å². The quantitative estimate of drug-likeness (QED) is 0.583. The van der Waals surface area contributed by atoms with Crippen molar-refractivity contribution in [3.63, 3.8) is 0 Å². The maximum atomic E-state index is 11.6. The van der Waals surface area contributed by atoms with Crippen LogP contribution in [0.3, 0.4) is 0 Å². The number of rotatable bonds is 7. The number of ether oxygens (including phenoxy) is 1. The van der Waals surface area contributed by atoms with Gasteiger partial charge in [0.25, 0.3) is 0 Å². The molecule has 3 heteroatoms. The maximum absolute atomic E-state index is 11.6.